The molecule has 1 aromatic carbocycles. The fraction of sp³-hybridized carbons (Fsp3) is 0.353. The Morgan fingerprint density at radius 1 is 1.24 bits per heavy atom. The molecule has 6 nitrogen and oxygen atoms in total. The number of benzene rings is 1. The van der Waals surface area contributed by atoms with E-state index in [0.717, 1.165) is 11.3 Å². The average molecular weight is 381 g/mol. The van der Waals surface area contributed by atoms with Crippen LogP contribution < -0.4 is 14.8 Å². The van der Waals surface area contributed by atoms with Crippen molar-refractivity contribution in [3.63, 3.8) is 0 Å². The zero-order chi connectivity index (χ0) is 18.0. The quantitative estimate of drug-likeness (QED) is 0.832. The highest BCUT2D eigenvalue weighted by Gasteiger charge is 2.32. The Labute approximate surface area is 150 Å². The van der Waals surface area contributed by atoms with E-state index in [9.17, 15) is 13.2 Å². The molecule has 0 bridgehead atoms. The van der Waals surface area contributed by atoms with Crippen molar-refractivity contribution in [2.24, 2.45) is 5.92 Å². The van der Waals surface area contributed by atoms with E-state index in [-0.39, 0.29) is 29.4 Å². The Morgan fingerprint density at radius 2 is 2.00 bits per heavy atom. The molecule has 0 spiro atoms. The summed E-state index contributed by atoms with van der Waals surface area (Å²) < 4.78 is 37.0. The van der Waals surface area contributed by atoms with Gasteiger partial charge in [0.25, 0.3) is 0 Å². The van der Waals surface area contributed by atoms with Crippen molar-refractivity contribution in [3.8, 4) is 11.5 Å². The van der Waals surface area contributed by atoms with Crippen LogP contribution in [-0.2, 0) is 14.6 Å². The summed E-state index contributed by atoms with van der Waals surface area (Å²) in [5.74, 6) is 0.690. The van der Waals surface area contributed by atoms with Crippen molar-refractivity contribution in [1.82, 2.24) is 5.32 Å². The molecule has 134 valence electrons. The van der Waals surface area contributed by atoms with Crippen LogP contribution in [-0.4, -0.2) is 27.7 Å². The lowest BCUT2D eigenvalue weighted by Gasteiger charge is -2.19. The molecule has 1 atom stereocenters. The average Bonchev–Trinajstić information content (AvgIpc) is 3.25. The maximum absolute atomic E-state index is 13.1. The summed E-state index contributed by atoms with van der Waals surface area (Å²) in [6, 6.07) is 8.33. The van der Waals surface area contributed by atoms with Gasteiger partial charge in [-0.25, -0.2) is 8.42 Å². The number of hydrogen-bond acceptors (Lipinski definition) is 6. The second kappa shape index (κ2) is 7.05. The van der Waals surface area contributed by atoms with Crippen LogP contribution in [0, 0.1) is 5.92 Å². The van der Waals surface area contributed by atoms with Gasteiger partial charge >= 0.3 is 0 Å². The van der Waals surface area contributed by atoms with Gasteiger partial charge in [0.05, 0.1) is 0 Å². The van der Waals surface area contributed by atoms with E-state index < -0.39 is 15.1 Å². The topological polar surface area (TPSA) is 81.7 Å². The molecular formula is C17H19NO5S2. The van der Waals surface area contributed by atoms with Crippen LogP contribution in [0.1, 0.15) is 24.7 Å². The molecule has 1 amide bonds. The third kappa shape index (κ3) is 3.64. The number of sulfone groups is 1. The van der Waals surface area contributed by atoms with Crippen molar-refractivity contribution in [3.05, 3.63) is 41.3 Å². The summed E-state index contributed by atoms with van der Waals surface area (Å²) in [5.41, 5.74) is 0.557. The van der Waals surface area contributed by atoms with Gasteiger partial charge in [0.15, 0.2) is 21.3 Å². The van der Waals surface area contributed by atoms with E-state index in [1.807, 2.05) is 0 Å². The molecule has 2 aromatic rings. The summed E-state index contributed by atoms with van der Waals surface area (Å²) in [5, 5.41) is 3.55. The molecular weight excluding hydrogens is 362 g/mol. The van der Waals surface area contributed by atoms with Crippen molar-refractivity contribution >= 4 is 27.1 Å². The number of ether oxygens (including phenoxy) is 2. The lowest BCUT2D eigenvalue weighted by molar-refractivity contribution is -0.123. The highest BCUT2D eigenvalue weighted by Crippen LogP contribution is 2.38. The number of carbonyl (C=O) groups excluding carboxylic acids is 1. The summed E-state index contributed by atoms with van der Waals surface area (Å²) in [6.07, 6.45) is 0. The molecule has 0 unspecified atom stereocenters. The fourth-order valence-corrected chi connectivity index (χ4v) is 5.34. The number of nitrogens with one attached hydrogen (secondary N) is 1. The first-order valence-electron chi connectivity index (χ1n) is 7.84. The minimum absolute atomic E-state index is 0.00308. The number of thiophene rings is 1. The molecule has 0 fully saturated rings. The van der Waals surface area contributed by atoms with Gasteiger partial charge < -0.3 is 14.8 Å². The molecule has 0 aliphatic carbocycles. The maximum atomic E-state index is 13.1. The summed E-state index contributed by atoms with van der Waals surface area (Å²) >= 11 is 1.16. The fourth-order valence-electron chi connectivity index (χ4n) is 2.48. The van der Waals surface area contributed by atoms with Crippen molar-refractivity contribution in [2.45, 2.75) is 23.3 Å². The maximum Gasteiger partial charge on any atom is 0.231 e. The molecule has 0 saturated heterocycles. The Balaban J connectivity index is 1.96. The Morgan fingerprint density at radius 3 is 2.68 bits per heavy atom. The summed E-state index contributed by atoms with van der Waals surface area (Å²) in [4.78, 5) is 11.9. The van der Waals surface area contributed by atoms with Gasteiger partial charge in [0.2, 0.25) is 12.7 Å². The van der Waals surface area contributed by atoms with Gasteiger partial charge in [-0.1, -0.05) is 26.0 Å². The van der Waals surface area contributed by atoms with Crippen LogP contribution in [0.3, 0.4) is 0 Å². The molecule has 1 aromatic heterocycles. The standard InChI is InChI=1S/C17H19NO5S2/c1-11(2)17(19)18-9-15(25(20,21)16-4-3-7-24-16)12-5-6-13-14(8-12)23-10-22-13/h3-8,11,15H,9-10H2,1-2H3,(H,18,19)/t15-/m1/s1. The highest BCUT2D eigenvalue weighted by molar-refractivity contribution is 7.93. The lowest BCUT2D eigenvalue weighted by Crippen LogP contribution is -2.34. The van der Waals surface area contributed by atoms with Gasteiger partial charge in [0, 0.05) is 12.5 Å². The normalized spacial score (nSPS) is 14.5. The number of rotatable bonds is 6. The SMILES string of the molecule is CC(C)C(=O)NC[C@H](c1ccc2c(c1)OCO2)S(=O)(=O)c1cccs1. The van der Waals surface area contributed by atoms with E-state index in [0.29, 0.717) is 17.1 Å². The van der Waals surface area contributed by atoms with Gasteiger partial charge in [-0.05, 0) is 29.1 Å². The molecule has 8 heteroatoms. The minimum Gasteiger partial charge on any atom is -0.454 e. The Hall–Kier alpha value is -2.06. The molecule has 3 rings (SSSR count). The number of hydrogen-bond donors (Lipinski definition) is 1. The van der Waals surface area contributed by atoms with Crippen molar-refractivity contribution in [1.29, 1.82) is 0 Å². The second-order valence-corrected chi connectivity index (χ2v) is 9.28. The number of carbonyl (C=O) groups is 1. The smallest absolute Gasteiger partial charge is 0.231 e. The predicted molar refractivity (Wildman–Crippen MR) is 94.7 cm³/mol. The first-order valence-corrected chi connectivity index (χ1v) is 10.3. The molecule has 1 N–H and O–H groups in total. The number of amides is 1. The van der Waals surface area contributed by atoms with Crippen LogP contribution in [0.15, 0.2) is 39.9 Å². The third-order valence-electron chi connectivity index (χ3n) is 3.90. The molecule has 0 saturated carbocycles. The molecule has 25 heavy (non-hydrogen) atoms. The summed E-state index contributed by atoms with van der Waals surface area (Å²) in [6.45, 7) is 3.64. The van der Waals surface area contributed by atoms with Crippen LogP contribution >= 0.6 is 11.3 Å². The van der Waals surface area contributed by atoms with E-state index in [2.05, 4.69) is 5.32 Å². The minimum atomic E-state index is -3.64. The molecule has 2 heterocycles. The van der Waals surface area contributed by atoms with Gasteiger partial charge in [-0.15, -0.1) is 11.3 Å². The molecule has 0 radical (unpaired) electrons. The first-order chi connectivity index (χ1) is 11.9. The Bertz CT molecular complexity index is 859. The zero-order valence-corrected chi connectivity index (χ0v) is 15.5. The lowest BCUT2D eigenvalue weighted by atomic mass is 10.1. The predicted octanol–water partition coefficient (Wildman–Crippen LogP) is 2.76. The highest BCUT2D eigenvalue weighted by atomic mass is 32.2. The van der Waals surface area contributed by atoms with Crippen LogP contribution in [0.5, 0.6) is 11.5 Å². The Kier molecular flexibility index (Phi) is 5.01. The second-order valence-electron chi connectivity index (χ2n) is 5.98. The van der Waals surface area contributed by atoms with Crippen LogP contribution in [0.4, 0.5) is 0 Å². The third-order valence-corrected chi connectivity index (χ3v) is 7.44. The van der Waals surface area contributed by atoms with Gasteiger partial charge in [-0.2, -0.15) is 0 Å². The van der Waals surface area contributed by atoms with Crippen molar-refractivity contribution in [2.75, 3.05) is 13.3 Å². The van der Waals surface area contributed by atoms with Crippen LogP contribution in [0.25, 0.3) is 0 Å². The van der Waals surface area contributed by atoms with Crippen molar-refractivity contribution < 1.29 is 22.7 Å². The van der Waals surface area contributed by atoms with E-state index in [4.69, 9.17) is 9.47 Å². The zero-order valence-electron chi connectivity index (χ0n) is 13.9. The largest absolute Gasteiger partial charge is 0.454 e. The monoisotopic (exact) mass is 381 g/mol. The first kappa shape index (κ1) is 17.8. The molecule has 1 aliphatic heterocycles. The van der Waals surface area contributed by atoms with Gasteiger partial charge in [0.1, 0.15) is 9.46 Å². The van der Waals surface area contributed by atoms with E-state index >= 15 is 0 Å². The van der Waals surface area contributed by atoms with E-state index in [1.165, 1.54) is 0 Å². The number of fused-ring (bicyclic) bond motifs is 1. The van der Waals surface area contributed by atoms with Gasteiger partial charge in [-0.3, -0.25) is 4.79 Å². The molecule has 1 aliphatic rings. The summed E-state index contributed by atoms with van der Waals surface area (Å²) in [7, 11) is -3.64. The van der Waals surface area contributed by atoms with E-state index in [1.54, 1.807) is 49.6 Å². The van der Waals surface area contributed by atoms with Crippen LogP contribution in [0.2, 0.25) is 0 Å².